The van der Waals surface area contributed by atoms with Crippen molar-refractivity contribution in [3.05, 3.63) is 34.1 Å². The molecule has 0 saturated heterocycles. The summed E-state index contributed by atoms with van der Waals surface area (Å²) in [5.41, 5.74) is 11.5. The van der Waals surface area contributed by atoms with Crippen molar-refractivity contribution in [1.82, 2.24) is 14.6 Å². The Labute approximate surface area is 85.5 Å². The lowest BCUT2D eigenvalue weighted by atomic mass is 10.2. The summed E-state index contributed by atoms with van der Waals surface area (Å²) in [6, 6.07) is 0. The van der Waals surface area contributed by atoms with Crippen molar-refractivity contribution in [2.75, 3.05) is 0 Å². The van der Waals surface area contributed by atoms with Crippen LogP contribution in [0.2, 0.25) is 0 Å². The van der Waals surface area contributed by atoms with Crippen molar-refractivity contribution in [1.29, 1.82) is 0 Å². The molecule has 6 heteroatoms. The van der Waals surface area contributed by atoms with Crippen LogP contribution in [0.3, 0.4) is 0 Å². The maximum absolute atomic E-state index is 8.35. The van der Waals surface area contributed by atoms with Crippen LogP contribution in [0.1, 0.15) is 30.0 Å². The first-order chi connectivity index (χ1) is 7.40. The topological polar surface area (TPSA) is 81.9 Å². The second-order valence-corrected chi connectivity index (χ2v) is 3.79. The van der Waals surface area contributed by atoms with E-state index in [2.05, 4.69) is 20.1 Å². The highest BCUT2D eigenvalue weighted by Gasteiger charge is 2.29. The van der Waals surface area contributed by atoms with E-state index in [0.717, 1.165) is 11.2 Å². The fourth-order valence-electron chi connectivity index (χ4n) is 1.90. The van der Waals surface area contributed by atoms with E-state index in [9.17, 15) is 0 Å². The molecule has 15 heavy (non-hydrogen) atoms. The van der Waals surface area contributed by atoms with E-state index >= 15 is 0 Å². The Balaban J connectivity index is 2.14. The minimum absolute atomic E-state index is 0.381. The molecule has 0 spiro atoms. The summed E-state index contributed by atoms with van der Waals surface area (Å²) in [4.78, 5) is 7.05. The average molecular weight is 202 g/mol. The summed E-state index contributed by atoms with van der Waals surface area (Å²) in [5, 5.41) is 6.91. The van der Waals surface area contributed by atoms with Crippen LogP contribution in [0.4, 0.5) is 0 Å². The van der Waals surface area contributed by atoms with Gasteiger partial charge in [0.25, 0.3) is 0 Å². The molecule has 1 aliphatic carbocycles. The monoisotopic (exact) mass is 202 g/mol. The summed E-state index contributed by atoms with van der Waals surface area (Å²) in [7, 11) is 0. The molecule has 76 valence electrons. The van der Waals surface area contributed by atoms with Crippen molar-refractivity contribution < 1.29 is 0 Å². The number of imidazole rings is 1. The highest BCUT2D eigenvalue weighted by Crippen LogP contribution is 2.41. The van der Waals surface area contributed by atoms with Crippen LogP contribution in [0.5, 0.6) is 0 Å². The van der Waals surface area contributed by atoms with Crippen LogP contribution >= 0.6 is 0 Å². The van der Waals surface area contributed by atoms with Gasteiger partial charge in [0.05, 0.1) is 6.54 Å². The first-order valence-corrected chi connectivity index (χ1v) is 4.95. The molecule has 6 nitrogen and oxygen atoms in total. The molecule has 0 unspecified atom stereocenters. The molecule has 2 aromatic rings. The number of aromatic nitrogens is 3. The smallest absolute Gasteiger partial charge is 0.156 e. The first-order valence-electron chi connectivity index (χ1n) is 4.95. The van der Waals surface area contributed by atoms with E-state index < -0.39 is 0 Å². The minimum atomic E-state index is 0.381. The quantitative estimate of drug-likeness (QED) is 0.462. The Morgan fingerprint density at radius 3 is 3.27 bits per heavy atom. The normalized spacial score (nSPS) is 15.5. The van der Waals surface area contributed by atoms with Gasteiger partial charge in [-0.2, -0.15) is 0 Å². The largest absolute Gasteiger partial charge is 0.296 e. The van der Waals surface area contributed by atoms with Gasteiger partial charge in [-0.05, 0) is 18.4 Å². The molecule has 3 rings (SSSR count). The van der Waals surface area contributed by atoms with Gasteiger partial charge >= 0.3 is 0 Å². The van der Waals surface area contributed by atoms with E-state index in [1.165, 1.54) is 18.5 Å². The molecule has 2 aromatic heterocycles. The van der Waals surface area contributed by atoms with Crippen LogP contribution in [-0.2, 0) is 6.54 Å². The molecule has 0 aromatic carbocycles. The van der Waals surface area contributed by atoms with Crippen molar-refractivity contribution in [3.8, 4) is 0 Å². The molecule has 0 atom stereocenters. The summed E-state index contributed by atoms with van der Waals surface area (Å²) in [6.45, 7) is 0.381. The summed E-state index contributed by atoms with van der Waals surface area (Å²) < 4.78 is 1.88. The zero-order valence-corrected chi connectivity index (χ0v) is 8.09. The van der Waals surface area contributed by atoms with E-state index in [0.29, 0.717) is 12.5 Å². The van der Waals surface area contributed by atoms with E-state index in [4.69, 9.17) is 5.53 Å². The molecule has 2 heterocycles. The molecule has 1 fully saturated rings. The summed E-state index contributed by atoms with van der Waals surface area (Å²) >= 11 is 0. The molecule has 0 radical (unpaired) electrons. The molecule has 0 bridgehead atoms. The maximum atomic E-state index is 8.35. The predicted molar refractivity (Wildman–Crippen MR) is 54.4 cm³/mol. The average Bonchev–Trinajstić information content (AvgIpc) is 2.88. The van der Waals surface area contributed by atoms with Gasteiger partial charge in [-0.3, -0.25) is 5.10 Å². The molecular formula is C9H10N6. The lowest BCUT2D eigenvalue weighted by Crippen LogP contribution is -1.88. The third kappa shape index (κ3) is 1.27. The molecule has 1 aliphatic rings. The number of nitrogens with one attached hydrogen (secondary N) is 1. The fraction of sp³-hybridized carbons (Fsp3) is 0.444. The van der Waals surface area contributed by atoms with Gasteiger partial charge in [0.2, 0.25) is 0 Å². The van der Waals surface area contributed by atoms with Crippen molar-refractivity contribution in [2.45, 2.75) is 25.3 Å². The number of fused-ring (bicyclic) bond motifs is 1. The minimum Gasteiger partial charge on any atom is -0.296 e. The lowest BCUT2D eigenvalue weighted by Gasteiger charge is -1.95. The zero-order valence-electron chi connectivity index (χ0n) is 8.09. The zero-order chi connectivity index (χ0) is 10.3. The molecular weight excluding hydrogens is 192 g/mol. The van der Waals surface area contributed by atoms with E-state index in [1.807, 2.05) is 10.7 Å². The van der Waals surface area contributed by atoms with Crippen LogP contribution in [0.15, 0.2) is 17.5 Å². The molecule has 1 N–H and O–H groups in total. The standard InChI is InChI=1S/C9H10N6/c10-14-12-5-7-8(6-1-2-6)13-15-4-3-11-9(7)15/h3-4,6,13H,1-2,5H2. The van der Waals surface area contributed by atoms with E-state index in [1.54, 1.807) is 6.20 Å². The second-order valence-electron chi connectivity index (χ2n) is 3.79. The summed E-state index contributed by atoms with van der Waals surface area (Å²) in [5.74, 6) is 0.607. The van der Waals surface area contributed by atoms with Crippen molar-refractivity contribution >= 4 is 5.65 Å². The first kappa shape index (κ1) is 8.38. The second kappa shape index (κ2) is 3.03. The molecule has 0 amide bonds. The fourth-order valence-corrected chi connectivity index (χ4v) is 1.90. The van der Waals surface area contributed by atoms with Crippen LogP contribution in [0.25, 0.3) is 16.1 Å². The third-order valence-corrected chi connectivity index (χ3v) is 2.75. The van der Waals surface area contributed by atoms with Crippen LogP contribution < -0.4 is 0 Å². The van der Waals surface area contributed by atoms with Gasteiger partial charge in [-0.15, -0.1) is 0 Å². The number of nitrogens with zero attached hydrogens (tertiary/aromatic N) is 5. The van der Waals surface area contributed by atoms with Gasteiger partial charge in [0.1, 0.15) is 0 Å². The van der Waals surface area contributed by atoms with Crippen LogP contribution in [0, 0.1) is 0 Å². The Bertz CT molecular complexity index is 540. The Morgan fingerprint density at radius 1 is 1.67 bits per heavy atom. The van der Waals surface area contributed by atoms with E-state index in [-0.39, 0.29) is 0 Å². The van der Waals surface area contributed by atoms with Gasteiger partial charge in [0.15, 0.2) is 5.65 Å². The Hall–Kier alpha value is -1.94. The predicted octanol–water partition coefficient (Wildman–Crippen LogP) is 2.35. The van der Waals surface area contributed by atoms with Crippen LogP contribution in [-0.4, -0.2) is 14.6 Å². The highest BCUT2D eigenvalue weighted by atomic mass is 15.3. The van der Waals surface area contributed by atoms with Crippen molar-refractivity contribution in [2.24, 2.45) is 5.11 Å². The number of H-pyrrole nitrogens is 1. The Morgan fingerprint density at radius 2 is 2.53 bits per heavy atom. The van der Waals surface area contributed by atoms with Gasteiger partial charge in [0, 0.05) is 34.5 Å². The Kier molecular flexibility index (Phi) is 1.69. The number of aromatic amines is 1. The van der Waals surface area contributed by atoms with Gasteiger partial charge < -0.3 is 0 Å². The van der Waals surface area contributed by atoms with Gasteiger partial charge in [-0.25, -0.2) is 9.50 Å². The third-order valence-electron chi connectivity index (χ3n) is 2.75. The number of azide groups is 1. The molecule has 0 aliphatic heterocycles. The lowest BCUT2D eigenvalue weighted by molar-refractivity contribution is 0.886. The summed E-state index contributed by atoms with van der Waals surface area (Å²) in [6.07, 6.45) is 6.04. The van der Waals surface area contributed by atoms with Gasteiger partial charge in [-0.1, -0.05) is 5.11 Å². The number of rotatable bonds is 3. The maximum Gasteiger partial charge on any atom is 0.156 e. The SMILES string of the molecule is [N-]=[N+]=NCc1c(C2CC2)[nH]n2ccnc12. The number of hydrogen-bond acceptors (Lipinski definition) is 2. The van der Waals surface area contributed by atoms with Crippen molar-refractivity contribution in [3.63, 3.8) is 0 Å². The number of hydrogen-bond donors (Lipinski definition) is 1. The molecule has 1 saturated carbocycles. The highest BCUT2D eigenvalue weighted by molar-refractivity contribution is 5.52.